The van der Waals surface area contributed by atoms with E-state index in [9.17, 15) is 0 Å². The van der Waals surface area contributed by atoms with E-state index < -0.39 is 0 Å². The summed E-state index contributed by atoms with van der Waals surface area (Å²) >= 11 is 0. The van der Waals surface area contributed by atoms with Crippen molar-refractivity contribution in [2.75, 3.05) is 5.32 Å². The molecule has 1 N–H and O–H groups in total. The van der Waals surface area contributed by atoms with E-state index in [1.54, 1.807) is 6.20 Å². The molecule has 4 rings (SSSR count). The molecular formula is C21H22N6. The summed E-state index contributed by atoms with van der Waals surface area (Å²) in [7, 11) is 2.04. The molecule has 4 aromatic rings. The van der Waals surface area contributed by atoms with Gasteiger partial charge in [-0.2, -0.15) is 0 Å². The highest BCUT2D eigenvalue weighted by Crippen LogP contribution is 2.19. The third kappa shape index (κ3) is 3.51. The van der Waals surface area contributed by atoms with Crippen LogP contribution in [-0.2, 0) is 20.0 Å². The number of imidazole rings is 1. The highest BCUT2D eigenvalue weighted by atomic mass is 15.1. The van der Waals surface area contributed by atoms with Gasteiger partial charge in [-0.25, -0.2) is 15.0 Å². The van der Waals surface area contributed by atoms with Crippen molar-refractivity contribution in [3.8, 4) is 11.5 Å². The number of rotatable bonds is 5. The number of hydrogen-bond acceptors (Lipinski definition) is 5. The molecule has 0 aliphatic rings. The summed E-state index contributed by atoms with van der Waals surface area (Å²) < 4.78 is 2.11. The van der Waals surface area contributed by atoms with Crippen molar-refractivity contribution in [1.29, 1.82) is 0 Å². The van der Waals surface area contributed by atoms with Crippen LogP contribution >= 0.6 is 0 Å². The van der Waals surface area contributed by atoms with Crippen LogP contribution in [-0.4, -0.2) is 24.5 Å². The molecule has 27 heavy (non-hydrogen) atoms. The second-order valence-electron chi connectivity index (χ2n) is 6.57. The van der Waals surface area contributed by atoms with Crippen LogP contribution in [0.2, 0.25) is 0 Å². The summed E-state index contributed by atoms with van der Waals surface area (Å²) in [5.74, 6) is 2.38. The van der Waals surface area contributed by atoms with Crippen LogP contribution in [0.15, 0.2) is 48.7 Å². The lowest BCUT2D eigenvalue weighted by Gasteiger charge is -2.09. The molecule has 3 aromatic heterocycles. The molecular weight excluding hydrogens is 336 g/mol. The minimum Gasteiger partial charge on any atom is -0.363 e. The Morgan fingerprint density at radius 1 is 1.04 bits per heavy atom. The number of anilines is 1. The Bertz CT molecular complexity index is 1080. The van der Waals surface area contributed by atoms with Crippen LogP contribution in [0.1, 0.15) is 24.0 Å². The van der Waals surface area contributed by atoms with E-state index >= 15 is 0 Å². The largest absolute Gasteiger partial charge is 0.363 e. The molecule has 0 saturated heterocycles. The smallest absolute Gasteiger partial charge is 0.180 e. The average Bonchev–Trinajstić information content (AvgIpc) is 3.01. The number of aromatic nitrogens is 5. The summed E-state index contributed by atoms with van der Waals surface area (Å²) in [6.07, 6.45) is 2.59. The van der Waals surface area contributed by atoms with Crippen LogP contribution in [0.25, 0.3) is 22.6 Å². The maximum atomic E-state index is 4.76. The lowest BCUT2D eigenvalue weighted by atomic mass is 10.2. The fourth-order valence-corrected chi connectivity index (χ4v) is 3.07. The van der Waals surface area contributed by atoms with Crippen LogP contribution in [0, 0.1) is 6.92 Å². The zero-order valence-corrected chi connectivity index (χ0v) is 15.8. The first-order valence-corrected chi connectivity index (χ1v) is 9.09. The molecule has 0 unspecified atom stereocenters. The highest BCUT2D eigenvalue weighted by Gasteiger charge is 2.10. The summed E-state index contributed by atoms with van der Waals surface area (Å²) in [5.41, 5.74) is 5.11. The summed E-state index contributed by atoms with van der Waals surface area (Å²) in [5, 5.41) is 3.40. The molecule has 1 aromatic carbocycles. The van der Waals surface area contributed by atoms with Gasteiger partial charge in [0.2, 0.25) is 0 Å². The van der Waals surface area contributed by atoms with Crippen LogP contribution in [0.4, 0.5) is 5.82 Å². The molecule has 0 saturated carbocycles. The van der Waals surface area contributed by atoms with Gasteiger partial charge in [-0.1, -0.05) is 19.1 Å². The Hall–Kier alpha value is -3.28. The second-order valence-corrected chi connectivity index (χ2v) is 6.57. The van der Waals surface area contributed by atoms with Crippen molar-refractivity contribution >= 4 is 16.9 Å². The molecule has 0 spiro atoms. The lowest BCUT2D eigenvalue weighted by molar-refractivity contribution is 0.830. The van der Waals surface area contributed by atoms with E-state index in [1.165, 1.54) is 5.56 Å². The minimum absolute atomic E-state index is 0.589. The SMILES string of the molecule is CCc1cc(NCc2nc3cc(C)ccc3n2C)nc(-c2ccccn2)n1. The molecule has 3 heterocycles. The van der Waals surface area contributed by atoms with Gasteiger partial charge in [0.1, 0.15) is 17.3 Å². The maximum absolute atomic E-state index is 4.76. The predicted octanol–water partition coefficient (Wildman–Crippen LogP) is 3.91. The van der Waals surface area contributed by atoms with E-state index in [0.717, 1.165) is 40.5 Å². The van der Waals surface area contributed by atoms with E-state index in [-0.39, 0.29) is 0 Å². The van der Waals surface area contributed by atoms with Gasteiger partial charge in [-0.05, 0) is 43.2 Å². The van der Waals surface area contributed by atoms with Crippen molar-refractivity contribution in [3.05, 3.63) is 65.7 Å². The Morgan fingerprint density at radius 3 is 2.70 bits per heavy atom. The molecule has 0 aliphatic carbocycles. The first-order chi connectivity index (χ1) is 13.1. The average molecular weight is 358 g/mol. The van der Waals surface area contributed by atoms with Gasteiger partial charge in [0.15, 0.2) is 5.82 Å². The van der Waals surface area contributed by atoms with Crippen LogP contribution in [0.5, 0.6) is 0 Å². The van der Waals surface area contributed by atoms with Crippen molar-refractivity contribution < 1.29 is 0 Å². The second kappa shape index (κ2) is 7.15. The number of nitrogens with one attached hydrogen (secondary N) is 1. The Balaban J connectivity index is 1.62. The number of pyridine rings is 1. The van der Waals surface area contributed by atoms with E-state index in [2.05, 4.69) is 56.9 Å². The normalized spacial score (nSPS) is 11.1. The Kier molecular flexibility index (Phi) is 4.54. The lowest BCUT2D eigenvalue weighted by Crippen LogP contribution is -2.08. The maximum Gasteiger partial charge on any atom is 0.180 e. The quantitative estimate of drug-likeness (QED) is 0.586. The van der Waals surface area contributed by atoms with Crippen LogP contribution < -0.4 is 5.32 Å². The highest BCUT2D eigenvalue weighted by molar-refractivity contribution is 5.76. The molecule has 0 fully saturated rings. The zero-order chi connectivity index (χ0) is 18.8. The minimum atomic E-state index is 0.589. The van der Waals surface area contributed by atoms with Gasteiger partial charge < -0.3 is 9.88 Å². The molecule has 136 valence electrons. The molecule has 0 atom stereocenters. The Labute approximate surface area is 158 Å². The third-order valence-corrected chi connectivity index (χ3v) is 4.59. The standard InChI is InChI=1S/C21H22N6/c1-4-15-12-19(26-21(24-15)16-7-5-6-10-22-16)23-13-20-25-17-11-14(2)8-9-18(17)27(20)3/h5-12H,4,13H2,1-3H3,(H,23,24,26). The number of benzene rings is 1. The molecule has 0 amide bonds. The van der Waals surface area contributed by atoms with Crippen molar-refractivity contribution in [2.45, 2.75) is 26.8 Å². The van der Waals surface area contributed by atoms with Crippen LogP contribution in [0.3, 0.4) is 0 Å². The molecule has 0 aliphatic heterocycles. The van der Waals surface area contributed by atoms with E-state index in [1.807, 2.05) is 31.3 Å². The van der Waals surface area contributed by atoms with Gasteiger partial charge >= 0.3 is 0 Å². The first-order valence-electron chi connectivity index (χ1n) is 9.09. The van der Waals surface area contributed by atoms with Gasteiger partial charge in [0, 0.05) is 25.0 Å². The van der Waals surface area contributed by atoms with Gasteiger partial charge in [0.25, 0.3) is 0 Å². The molecule has 0 bridgehead atoms. The number of fused-ring (bicyclic) bond motifs is 1. The Morgan fingerprint density at radius 2 is 1.93 bits per heavy atom. The van der Waals surface area contributed by atoms with Crippen molar-refractivity contribution in [3.63, 3.8) is 0 Å². The molecule has 6 nitrogen and oxygen atoms in total. The number of nitrogens with zero attached hydrogens (tertiary/aromatic N) is 5. The van der Waals surface area contributed by atoms with E-state index in [0.29, 0.717) is 12.4 Å². The first kappa shape index (κ1) is 17.1. The molecule has 0 radical (unpaired) electrons. The van der Waals surface area contributed by atoms with Gasteiger partial charge in [-0.3, -0.25) is 4.98 Å². The predicted molar refractivity (Wildman–Crippen MR) is 107 cm³/mol. The fraction of sp³-hybridized carbons (Fsp3) is 0.238. The van der Waals surface area contributed by atoms with Crippen molar-refractivity contribution in [1.82, 2.24) is 24.5 Å². The molecule has 6 heteroatoms. The van der Waals surface area contributed by atoms with Gasteiger partial charge in [-0.15, -0.1) is 0 Å². The summed E-state index contributed by atoms with van der Waals surface area (Å²) in [6.45, 7) is 4.76. The number of hydrogen-bond donors (Lipinski definition) is 1. The third-order valence-electron chi connectivity index (χ3n) is 4.59. The fourth-order valence-electron chi connectivity index (χ4n) is 3.07. The zero-order valence-electron chi connectivity index (χ0n) is 15.8. The number of aryl methyl sites for hydroxylation is 3. The van der Waals surface area contributed by atoms with Crippen molar-refractivity contribution in [2.24, 2.45) is 7.05 Å². The topological polar surface area (TPSA) is 68.5 Å². The summed E-state index contributed by atoms with van der Waals surface area (Å²) in [4.78, 5) is 18.4. The van der Waals surface area contributed by atoms with E-state index in [4.69, 9.17) is 4.98 Å². The summed E-state index contributed by atoms with van der Waals surface area (Å²) in [6, 6.07) is 14.1. The van der Waals surface area contributed by atoms with Gasteiger partial charge in [0.05, 0.1) is 17.6 Å². The monoisotopic (exact) mass is 358 g/mol.